The summed E-state index contributed by atoms with van der Waals surface area (Å²) in [6.45, 7) is 3.57. The van der Waals surface area contributed by atoms with Gasteiger partial charge in [0.1, 0.15) is 5.75 Å². The van der Waals surface area contributed by atoms with Crippen molar-refractivity contribution in [2.75, 3.05) is 19.7 Å². The molecule has 1 fully saturated rings. The lowest BCUT2D eigenvalue weighted by Crippen LogP contribution is -2.22. The highest BCUT2D eigenvalue weighted by Crippen LogP contribution is 2.32. The van der Waals surface area contributed by atoms with E-state index in [0.29, 0.717) is 18.4 Å². The Morgan fingerprint density at radius 2 is 1.85 bits per heavy atom. The Kier molecular flexibility index (Phi) is 5.17. The Hall–Kier alpha value is -2.79. The number of ether oxygens (including phenoxy) is 1. The van der Waals surface area contributed by atoms with E-state index >= 15 is 0 Å². The van der Waals surface area contributed by atoms with Crippen LogP contribution in [0.25, 0.3) is 0 Å². The fourth-order valence-corrected chi connectivity index (χ4v) is 3.57. The smallest absolute Gasteiger partial charge is 0.137 e. The van der Waals surface area contributed by atoms with Crippen molar-refractivity contribution in [2.24, 2.45) is 5.92 Å². The number of rotatable bonds is 6. The van der Waals surface area contributed by atoms with Gasteiger partial charge in [0.25, 0.3) is 0 Å². The molecule has 0 saturated carbocycles. The number of hydrogen-bond acceptors (Lipinski definition) is 5. The molecule has 0 radical (unpaired) electrons. The van der Waals surface area contributed by atoms with Crippen LogP contribution in [0.3, 0.4) is 0 Å². The first-order valence-electron chi connectivity index (χ1n) is 8.93. The lowest BCUT2D eigenvalue weighted by atomic mass is 9.93. The lowest BCUT2D eigenvalue weighted by molar-refractivity contribution is 0.232. The van der Waals surface area contributed by atoms with Crippen LogP contribution in [-0.2, 0) is 6.54 Å². The summed E-state index contributed by atoms with van der Waals surface area (Å²) in [5.41, 5.74) is 2.43. The van der Waals surface area contributed by atoms with E-state index in [-0.39, 0.29) is 0 Å². The van der Waals surface area contributed by atoms with E-state index in [1.165, 1.54) is 5.56 Å². The quantitative estimate of drug-likeness (QED) is 0.686. The zero-order valence-electron chi connectivity index (χ0n) is 14.6. The molecule has 5 heteroatoms. The van der Waals surface area contributed by atoms with Crippen LogP contribution < -0.4 is 4.74 Å². The molecule has 0 unspecified atom stereocenters. The molecular formula is C21H22N4O. The molecule has 4 heterocycles. The van der Waals surface area contributed by atoms with Crippen LogP contribution in [0.15, 0.2) is 73.4 Å². The molecule has 0 bridgehead atoms. The van der Waals surface area contributed by atoms with Crippen molar-refractivity contribution in [3.05, 3.63) is 84.7 Å². The second-order valence-corrected chi connectivity index (χ2v) is 6.67. The van der Waals surface area contributed by atoms with Gasteiger partial charge in [-0.25, -0.2) is 0 Å². The Morgan fingerprint density at radius 3 is 2.62 bits per heavy atom. The summed E-state index contributed by atoms with van der Waals surface area (Å²) in [5.74, 6) is 1.58. The molecule has 0 N–H and O–H groups in total. The number of likely N-dealkylation sites (tertiary alicyclic amines) is 1. The van der Waals surface area contributed by atoms with Crippen LogP contribution in [0.1, 0.15) is 17.2 Å². The molecule has 5 nitrogen and oxygen atoms in total. The van der Waals surface area contributed by atoms with E-state index in [2.05, 4.69) is 44.1 Å². The van der Waals surface area contributed by atoms with Gasteiger partial charge in [-0.2, -0.15) is 0 Å². The van der Waals surface area contributed by atoms with Crippen molar-refractivity contribution in [1.82, 2.24) is 19.9 Å². The van der Waals surface area contributed by atoms with Crippen LogP contribution in [0.2, 0.25) is 0 Å². The SMILES string of the molecule is c1ccc([C@@H]2CN(Cc3ccncc3)C[C@H]2COc2cccnc2)nc1. The Labute approximate surface area is 153 Å². The second-order valence-electron chi connectivity index (χ2n) is 6.67. The van der Waals surface area contributed by atoms with Gasteiger partial charge in [-0.05, 0) is 42.0 Å². The molecule has 1 aliphatic heterocycles. The first-order valence-corrected chi connectivity index (χ1v) is 8.93. The normalized spacial score (nSPS) is 20.2. The van der Waals surface area contributed by atoms with Gasteiger partial charge in [0.2, 0.25) is 0 Å². The van der Waals surface area contributed by atoms with E-state index in [1.54, 1.807) is 12.4 Å². The van der Waals surface area contributed by atoms with Crippen LogP contribution in [-0.4, -0.2) is 39.5 Å². The molecule has 26 heavy (non-hydrogen) atoms. The van der Waals surface area contributed by atoms with Gasteiger partial charge < -0.3 is 4.74 Å². The summed E-state index contributed by atoms with van der Waals surface area (Å²) >= 11 is 0. The van der Waals surface area contributed by atoms with Gasteiger partial charge in [0.05, 0.1) is 12.8 Å². The van der Waals surface area contributed by atoms with Crippen molar-refractivity contribution in [3.63, 3.8) is 0 Å². The first-order chi connectivity index (χ1) is 12.9. The van der Waals surface area contributed by atoms with Gasteiger partial charge in [-0.1, -0.05) is 6.07 Å². The third-order valence-corrected chi connectivity index (χ3v) is 4.84. The van der Waals surface area contributed by atoms with Crippen LogP contribution in [0.5, 0.6) is 5.75 Å². The lowest BCUT2D eigenvalue weighted by Gasteiger charge is -2.18. The third kappa shape index (κ3) is 4.06. The molecule has 3 aromatic rings. The largest absolute Gasteiger partial charge is 0.492 e. The summed E-state index contributed by atoms with van der Waals surface area (Å²) in [5, 5.41) is 0. The molecule has 0 aromatic carbocycles. The third-order valence-electron chi connectivity index (χ3n) is 4.84. The van der Waals surface area contributed by atoms with Gasteiger partial charge in [0, 0.05) is 62.0 Å². The van der Waals surface area contributed by atoms with E-state index < -0.39 is 0 Å². The molecule has 3 aromatic heterocycles. The van der Waals surface area contributed by atoms with E-state index in [4.69, 9.17) is 4.74 Å². The Balaban J connectivity index is 1.47. The van der Waals surface area contributed by atoms with Crippen molar-refractivity contribution in [3.8, 4) is 5.75 Å². The maximum Gasteiger partial charge on any atom is 0.137 e. The maximum absolute atomic E-state index is 6.01. The van der Waals surface area contributed by atoms with Crippen LogP contribution >= 0.6 is 0 Å². The predicted octanol–water partition coefficient (Wildman–Crippen LogP) is 3.17. The van der Waals surface area contributed by atoms with Crippen molar-refractivity contribution in [1.29, 1.82) is 0 Å². The van der Waals surface area contributed by atoms with Crippen LogP contribution in [0.4, 0.5) is 0 Å². The number of hydrogen-bond donors (Lipinski definition) is 0. The zero-order chi connectivity index (χ0) is 17.6. The molecule has 1 aliphatic rings. The second kappa shape index (κ2) is 8.06. The van der Waals surface area contributed by atoms with Crippen molar-refractivity contribution in [2.45, 2.75) is 12.5 Å². The topological polar surface area (TPSA) is 51.1 Å². The standard InChI is InChI=1S/C21H22N4O/c1-2-9-24-21(5-1)20-15-25(13-17-6-10-22-11-7-17)14-18(20)16-26-19-4-3-8-23-12-19/h1-12,18,20H,13-16H2/t18-,20+/m0/s1. The van der Waals surface area contributed by atoms with E-state index in [1.807, 2.05) is 36.8 Å². The molecule has 0 aliphatic carbocycles. The fourth-order valence-electron chi connectivity index (χ4n) is 3.57. The van der Waals surface area contributed by atoms with E-state index in [0.717, 1.165) is 31.1 Å². The Morgan fingerprint density at radius 1 is 0.923 bits per heavy atom. The molecule has 0 amide bonds. The summed E-state index contributed by atoms with van der Waals surface area (Å²) in [6.07, 6.45) is 9.10. The van der Waals surface area contributed by atoms with Gasteiger partial charge >= 0.3 is 0 Å². The summed E-state index contributed by atoms with van der Waals surface area (Å²) in [4.78, 5) is 15.3. The number of pyridine rings is 3. The molecule has 132 valence electrons. The molecular weight excluding hydrogens is 324 g/mol. The predicted molar refractivity (Wildman–Crippen MR) is 99.7 cm³/mol. The maximum atomic E-state index is 6.01. The minimum absolute atomic E-state index is 0.370. The van der Waals surface area contributed by atoms with Gasteiger partial charge in [0.15, 0.2) is 0 Å². The first kappa shape index (κ1) is 16.7. The highest BCUT2D eigenvalue weighted by molar-refractivity contribution is 5.18. The molecule has 2 atom stereocenters. The van der Waals surface area contributed by atoms with E-state index in [9.17, 15) is 0 Å². The summed E-state index contributed by atoms with van der Waals surface area (Å²) in [7, 11) is 0. The molecule has 0 spiro atoms. The summed E-state index contributed by atoms with van der Waals surface area (Å²) in [6, 6.07) is 14.2. The van der Waals surface area contributed by atoms with Crippen molar-refractivity contribution < 1.29 is 4.74 Å². The molecule has 4 rings (SSSR count). The van der Waals surface area contributed by atoms with Crippen molar-refractivity contribution >= 4 is 0 Å². The average molecular weight is 346 g/mol. The fraction of sp³-hybridized carbons (Fsp3) is 0.286. The van der Waals surface area contributed by atoms with Crippen LogP contribution in [0, 0.1) is 5.92 Å². The average Bonchev–Trinajstić information content (AvgIpc) is 3.11. The highest BCUT2D eigenvalue weighted by Gasteiger charge is 2.35. The summed E-state index contributed by atoms with van der Waals surface area (Å²) < 4.78 is 6.01. The monoisotopic (exact) mass is 346 g/mol. The van der Waals surface area contributed by atoms with Gasteiger partial charge in [-0.15, -0.1) is 0 Å². The number of nitrogens with zero attached hydrogens (tertiary/aromatic N) is 4. The highest BCUT2D eigenvalue weighted by atomic mass is 16.5. The Bertz CT molecular complexity index is 798. The zero-order valence-corrected chi connectivity index (χ0v) is 14.6. The van der Waals surface area contributed by atoms with Gasteiger partial charge in [-0.3, -0.25) is 19.9 Å². The number of aromatic nitrogens is 3. The minimum Gasteiger partial charge on any atom is -0.492 e. The minimum atomic E-state index is 0.370. The molecule has 1 saturated heterocycles.